The van der Waals surface area contributed by atoms with Crippen molar-refractivity contribution in [3.63, 3.8) is 0 Å². The van der Waals surface area contributed by atoms with E-state index in [1.807, 2.05) is 0 Å². The average Bonchev–Trinajstić information content (AvgIpc) is 2.46. The normalized spacial score (nSPS) is 13.0. The number of phenols is 2. The fourth-order valence-electron chi connectivity index (χ4n) is 2.66. The molecule has 21 heavy (non-hydrogen) atoms. The Kier molecular flexibility index (Phi) is 3.29. The lowest BCUT2D eigenvalue weighted by molar-refractivity contribution is 0.0973. The number of carbonyl (C=O) groups excluding carboxylic acids is 2. The third-order valence-corrected chi connectivity index (χ3v) is 4.00. The van der Waals surface area contributed by atoms with Gasteiger partial charge in [0.1, 0.15) is 11.5 Å². The summed E-state index contributed by atoms with van der Waals surface area (Å²) in [4.78, 5) is 25.2. The van der Waals surface area contributed by atoms with Gasteiger partial charge in [0, 0.05) is 16.5 Å². The lowest BCUT2D eigenvalue weighted by Gasteiger charge is -2.21. The maximum Gasteiger partial charge on any atom is 0.201 e. The van der Waals surface area contributed by atoms with Gasteiger partial charge in [-0.3, -0.25) is 9.59 Å². The summed E-state index contributed by atoms with van der Waals surface area (Å²) in [6.07, 6.45) is 0.565. The van der Waals surface area contributed by atoms with Gasteiger partial charge in [0.05, 0.1) is 11.1 Å². The van der Waals surface area contributed by atoms with Crippen LogP contribution in [0.1, 0.15) is 37.4 Å². The quantitative estimate of drug-likeness (QED) is 0.699. The van der Waals surface area contributed by atoms with E-state index in [9.17, 15) is 19.8 Å². The van der Waals surface area contributed by atoms with Gasteiger partial charge < -0.3 is 10.2 Å². The van der Waals surface area contributed by atoms with Crippen molar-refractivity contribution in [3.05, 3.63) is 58.1 Å². The predicted molar refractivity (Wildman–Crippen MR) is 80.6 cm³/mol. The van der Waals surface area contributed by atoms with Crippen molar-refractivity contribution in [2.24, 2.45) is 0 Å². The van der Waals surface area contributed by atoms with Crippen LogP contribution in [0.15, 0.2) is 30.3 Å². The van der Waals surface area contributed by atoms with E-state index in [2.05, 4.69) is 15.9 Å². The van der Waals surface area contributed by atoms with Crippen LogP contribution in [0.2, 0.25) is 0 Å². The molecule has 0 atom stereocenters. The second-order valence-corrected chi connectivity index (χ2v) is 5.58. The fraction of sp³-hybridized carbons (Fsp3) is 0.125. The van der Waals surface area contributed by atoms with Gasteiger partial charge in [-0.25, -0.2) is 0 Å². The number of aryl methyl sites for hydroxylation is 1. The molecule has 0 aliphatic heterocycles. The predicted octanol–water partition coefficient (Wildman–Crippen LogP) is 2.81. The van der Waals surface area contributed by atoms with Crippen molar-refractivity contribution in [1.82, 2.24) is 0 Å². The van der Waals surface area contributed by atoms with Crippen LogP contribution in [0.4, 0.5) is 0 Å². The number of benzene rings is 2. The van der Waals surface area contributed by atoms with Crippen molar-refractivity contribution < 1.29 is 19.8 Å². The third-order valence-electron chi connectivity index (χ3n) is 3.60. The summed E-state index contributed by atoms with van der Waals surface area (Å²) in [5.41, 5.74) is 1.05. The van der Waals surface area contributed by atoms with Crippen LogP contribution in [0, 0.1) is 0 Å². The van der Waals surface area contributed by atoms with Gasteiger partial charge in [-0.1, -0.05) is 34.1 Å². The van der Waals surface area contributed by atoms with Crippen LogP contribution in [0.25, 0.3) is 0 Å². The van der Waals surface area contributed by atoms with Gasteiger partial charge in [-0.2, -0.15) is 0 Å². The number of alkyl halides is 1. The highest BCUT2D eigenvalue weighted by Gasteiger charge is 2.35. The van der Waals surface area contributed by atoms with Crippen molar-refractivity contribution in [3.8, 4) is 11.5 Å². The minimum Gasteiger partial charge on any atom is -0.507 e. The smallest absolute Gasteiger partial charge is 0.201 e. The minimum atomic E-state index is -0.522. The summed E-state index contributed by atoms with van der Waals surface area (Å²) in [5, 5.41) is 20.5. The molecular formula is C16H11BrO4. The van der Waals surface area contributed by atoms with Crippen LogP contribution in [0.5, 0.6) is 11.5 Å². The second-order valence-electron chi connectivity index (χ2n) is 4.79. The number of hydrogen-bond donors (Lipinski definition) is 2. The molecular weight excluding hydrogens is 336 g/mol. The highest BCUT2D eigenvalue weighted by atomic mass is 79.9. The zero-order chi connectivity index (χ0) is 15.1. The Morgan fingerprint density at radius 1 is 0.857 bits per heavy atom. The van der Waals surface area contributed by atoms with Gasteiger partial charge >= 0.3 is 0 Å². The summed E-state index contributed by atoms with van der Waals surface area (Å²) in [5.74, 6) is -1.36. The molecule has 0 heterocycles. The SMILES string of the molecule is O=C1c2c(O)cccc2C(=O)c2c(CCBr)ccc(O)c21. The van der Waals surface area contributed by atoms with Gasteiger partial charge in [0.15, 0.2) is 5.78 Å². The Hall–Kier alpha value is -2.14. The van der Waals surface area contributed by atoms with Gasteiger partial charge in [0.25, 0.3) is 0 Å². The van der Waals surface area contributed by atoms with E-state index in [0.29, 0.717) is 17.3 Å². The van der Waals surface area contributed by atoms with E-state index in [4.69, 9.17) is 0 Å². The Morgan fingerprint density at radius 3 is 2.29 bits per heavy atom. The Morgan fingerprint density at radius 2 is 1.57 bits per heavy atom. The molecule has 0 aromatic heterocycles. The van der Waals surface area contributed by atoms with Gasteiger partial charge in [0.2, 0.25) is 5.78 Å². The first-order valence-electron chi connectivity index (χ1n) is 6.38. The van der Waals surface area contributed by atoms with Crippen molar-refractivity contribution in [1.29, 1.82) is 0 Å². The largest absolute Gasteiger partial charge is 0.507 e. The summed E-state index contributed by atoms with van der Waals surface area (Å²) in [6.45, 7) is 0. The topological polar surface area (TPSA) is 74.6 Å². The monoisotopic (exact) mass is 346 g/mol. The first-order valence-corrected chi connectivity index (χ1v) is 7.50. The number of carbonyl (C=O) groups is 2. The summed E-state index contributed by atoms with van der Waals surface area (Å²) >= 11 is 3.31. The van der Waals surface area contributed by atoms with Gasteiger partial charge in [-0.05, 0) is 24.1 Å². The Balaban J connectivity index is 2.35. The van der Waals surface area contributed by atoms with E-state index in [0.717, 1.165) is 0 Å². The first kappa shape index (κ1) is 13.8. The molecule has 1 aliphatic rings. The number of fused-ring (bicyclic) bond motifs is 2. The molecule has 0 fully saturated rings. The van der Waals surface area contributed by atoms with Crippen LogP contribution in [-0.2, 0) is 6.42 Å². The van der Waals surface area contributed by atoms with Crippen LogP contribution >= 0.6 is 15.9 Å². The molecule has 0 unspecified atom stereocenters. The van der Waals surface area contributed by atoms with Gasteiger partial charge in [-0.15, -0.1) is 0 Å². The molecule has 106 valence electrons. The molecule has 0 bridgehead atoms. The van der Waals surface area contributed by atoms with Crippen LogP contribution in [-0.4, -0.2) is 27.1 Å². The molecule has 0 amide bonds. The lowest BCUT2D eigenvalue weighted by atomic mass is 9.80. The van der Waals surface area contributed by atoms with E-state index in [-0.39, 0.29) is 39.5 Å². The van der Waals surface area contributed by atoms with Crippen molar-refractivity contribution in [2.75, 3.05) is 5.33 Å². The highest BCUT2D eigenvalue weighted by Crippen LogP contribution is 2.38. The zero-order valence-electron chi connectivity index (χ0n) is 10.9. The Bertz CT molecular complexity index is 780. The summed E-state index contributed by atoms with van der Waals surface area (Å²) in [7, 11) is 0. The minimum absolute atomic E-state index is 0.0209. The lowest BCUT2D eigenvalue weighted by Crippen LogP contribution is -2.23. The summed E-state index contributed by atoms with van der Waals surface area (Å²) in [6, 6.07) is 7.45. The molecule has 1 aliphatic carbocycles. The number of phenolic OH excluding ortho intramolecular Hbond substituents is 2. The molecule has 3 rings (SSSR count). The zero-order valence-corrected chi connectivity index (χ0v) is 12.5. The maximum atomic E-state index is 12.7. The number of halogens is 1. The van der Waals surface area contributed by atoms with Crippen LogP contribution < -0.4 is 0 Å². The first-order chi connectivity index (χ1) is 10.1. The molecule has 5 heteroatoms. The number of aromatic hydroxyl groups is 2. The molecule has 2 N–H and O–H groups in total. The number of hydrogen-bond acceptors (Lipinski definition) is 4. The number of rotatable bonds is 2. The maximum absolute atomic E-state index is 12.7. The molecule has 2 aromatic carbocycles. The number of ketones is 2. The van der Waals surface area contributed by atoms with Crippen molar-refractivity contribution in [2.45, 2.75) is 6.42 Å². The van der Waals surface area contributed by atoms with Crippen LogP contribution in [0.3, 0.4) is 0 Å². The second kappa shape index (κ2) is 5.00. The molecule has 4 nitrogen and oxygen atoms in total. The third kappa shape index (κ3) is 1.96. The fourth-order valence-corrected chi connectivity index (χ4v) is 3.09. The average molecular weight is 347 g/mol. The molecule has 2 aromatic rings. The van der Waals surface area contributed by atoms with E-state index < -0.39 is 5.78 Å². The van der Waals surface area contributed by atoms with Crippen molar-refractivity contribution >= 4 is 27.5 Å². The van der Waals surface area contributed by atoms with E-state index in [1.165, 1.54) is 24.3 Å². The van der Waals surface area contributed by atoms with E-state index >= 15 is 0 Å². The van der Waals surface area contributed by atoms with E-state index in [1.54, 1.807) is 6.07 Å². The standard InChI is InChI=1S/C16H11BrO4/c17-7-6-8-4-5-11(19)14-12(8)15(20)9-2-1-3-10(18)13(9)16(14)21/h1-5,18-19H,6-7H2. The molecule has 0 saturated heterocycles. The highest BCUT2D eigenvalue weighted by molar-refractivity contribution is 9.09. The molecule has 0 saturated carbocycles. The molecule has 0 spiro atoms. The molecule has 0 radical (unpaired) electrons. The summed E-state index contributed by atoms with van der Waals surface area (Å²) < 4.78 is 0. The Labute approximate surface area is 129 Å².